The van der Waals surface area contributed by atoms with Gasteiger partial charge in [-0.25, -0.2) is 0 Å². The van der Waals surface area contributed by atoms with Gasteiger partial charge in [-0.3, -0.25) is 19.5 Å². The van der Waals surface area contributed by atoms with E-state index in [1.54, 1.807) is 29.3 Å². The molecule has 3 aromatic rings. The maximum absolute atomic E-state index is 13.6. The van der Waals surface area contributed by atoms with Gasteiger partial charge in [0.1, 0.15) is 12.0 Å². The van der Waals surface area contributed by atoms with Crippen LogP contribution in [0.1, 0.15) is 29.7 Å². The van der Waals surface area contributed by atoms with Crippen molar-refractivity contribution in [3.8, 4) is 6.07 Å². The number of hydrazone groups is 1. The topological polar surface area (TPSA) is 76.8 Å². The van der Waals surface area contributed by atoms with E-state index in [-0.39, 0.29) is 17.9 Å². The lowest BCUT2D eigenvalue weighted by atomic mass is 9.92. The average molecular weight is 420 g/mol. The highest BCUT2D eigenvalue weighted by atomic mass is 16.2. The SMILES string of the molecule is C[C@H](c1ccccc1)N1C(=O)[C@@H]2C(c3ccc(C#N)cc3)=NN(c3ccccc3)[C@@H]2C1=O. The van der Waals surface area contributed by atoms with E-state index in [2.05, 4.69) is 6.07 Å². The first-order chi connectivity index (χ1) is 15.6. The third-order valence-electron chi connectivity index (χ3n) is 6.08. The van der Waals surface area contributed by atoms with Crippen LogP contribution in [0.25, 0.3) is 0 Å². The Kier molecular flexibility index (Phi) is 4.79. The van der Waals surface area contributed by atoms with Gasteiger partial charge >= 0.3 is 0 Å². The average Bonchev–Trinajstić information content (AvgIpc) is 3.36. The fourth-order valence-electron chi connectivity index (χ4n) is 4.45. The Morgan fingerprint density at radius 3 is 2.12 bits per heavy atom. The Morgan fingerprint density at radius 1 is 0.875 bits per heavy atom. The highest BCUT2D eigenvalue weighted by Crippen LogP contribution is 2.40. The Bertz CT molecular complexity index is 1250. The number of imide groups is 1. The van der Waals surface area contributed by atoms with Crippen molar-refractivity contribution in [1.29, 1.82) is 5.26 Å². The van der Waals surface area contributed by atoms with Gasteiger partial charge in [0.25, 0.3) is 5.91 Å². The number of hydrogen-bond donors (Lipinski definition) is 0. The first-order valence-corrected chi connectivity index (χ1v) is 10.5. The third-order valence-corrected chi connectivity index (χ3v) is 6.08. The lowest BCUT2D eigenvalue weighted by Crippen LogP contribution is -2.40. The summed E-state index contributed by atoms with van der Waals surface area (Å²) in [5.41, 5.74) is 3.45. The van der Waals surface area contributed by atoms with Crippen LogP contribution in [0.15, 0.2) is 90.0 Å². The maximum atomic E-state index is 13.6. The molecule has 3 aromatic carbocycles. The monoisotopic (exact) mass is 420 g/mol. The number of rotatable bonds is 4. The molecule has 0 N–H and O–H groups in total. The molecule has 2 aliphatic heterocycles. The van der Waals surface area contributed by atoms with Crippen LogP contribution in [0, 0.1) is 17.2 Å². The van der Waals surface area contributed by atoms with Crippen LogP contribution < -0.4 is 5.01 Å². The zero-order valence-electron chi connectivity index (χ0n) is 17.4. The molecule has 1 fully saturated rings. The molecule has 0 bridgehead atoms. The first kappa shape index (κ1) is 19.7. The van der Waals surface area contributed by atoms with Gasteiger partial charge in [-0.15, -0.1) is 0 Å². The van der Waals surface area contributed by atoms with E-state index < -0.39 is 12.0 Å². The number of anilines is 1. The quantitative estimate of drug-likeness (QED) is 0.600. The van der Waals surface area contributed by atoms with E-state index in [1.165, 1.54) is 4.90 Å². The van der Waals surface area contributed by atoms with E-state index in [0.717, 1.165) is 16.8 Å². The minimum atomic E-state index is -0.735. The van der Waals surface area contributed by atoms with Crippen LogP contribution in [0.5, 0.6) is 0 Å². The van der Waals surface area contributed by atoms with Crippen molar-refractivity contribution in [2.45, 2.75) is 19.0 Å². The Balaban J connectivity index is 1.59. The molecule has 156 valence electrons. The molecule has 0 radical (unpaired) electrons. The molecule has 0 unspecified atom stereocenters. The van der Waals surface area contributed by atoms with E-state index >= 15 is 0 Å². The second-order valence-electron chi connectivity index (χ2n) is 7.91. The van der Waals surface area contributed by atoms with Crippen LogP contribution in [-0.2, 0) is 9.59 Å². The Hall–Kier alpha value is -4.24. The van der Waals surface area contributed by atoms with E-state index in [1.807, 2.05) is 67.6 Å². The van der Waals surface area contributed by atoms with Crippen LogP contribution in [0.2, 0.25) is 0 Å². The third kappa shape index (κ3) is 3.07. The summed E-state index contributed by atoms with van der Waals surface area (Å²) < 4.78 is 0. The molecule has 6 nitrogen and oxygen atoms in total. The number of likely N-dealkylation sites (tertiary alicyclic amines) is 1. The molecule has 32 heavy (non-hydrogen) atoms. The van der Waals surface area contributed by atoms with Gasteiger partial charge in [0, 0.05) is 0 Å². The van der Waals surface area contributed by atoms with Crippen molar-refractivity contribution in [3.05, 3.63) is 102 Å². The number of para-hydroxylation sites is 1. The van der Waals surface area contributed by atoms with Crippen molar-refractivity contribution in [1.82, 2.24) is 4.90 Å². The number of benzene rings is 3. The van der Waals surface area contributed by atoms with Crippen LogP contribution >= 0.6 is 0 Å². The maximum Gasteiger partial charge on any atom is 0.255 e. The van der Waals surface area contributed by atoms with Gasteiger partial charge in [-0.2, -0.15) is 10.4 Å². The fraction of sp³-hybridized carbons (Fsp3) is 0.154. The van der Waals surface area contributed by atoms with Gasteiger partial charge in [-0.05, 0) is 42.3 Å². The van der Waals surface area contributed by atoms with Gasteiger partial charge in [-0.1, -0.05) is 60.7 Å². The van der Waals surface area contributed by atoms with Gasteiger partial charge < -0.3 is 0 Å². The second kappa shape index (κ2) is 7.78. The minimum absolute atomic E-state index is 0.252. The van der Waals surface area contributed by atoms with Crippen molar-refractivity contribution in [2.24, 2.45) is 11.0 Å². The summed E-state index contributed by atoms with van der Waals surface area (Å²) in [7, 11) is 0. The van der Waals surface area contributed by atoms with Crippen molar-refractivity contribution in [2.75, 3.05) is 5.01 Å². The molecular weight excluding hydrogens is 400 g/mol. The normalized spacial score (nSPS) is 20.7. The summed E-state index contributed by atoms with van der Waals surface area (Å²) in [6.45, 7) is 1.87. The Morgan fingerprint density at radius 2 is 1.50 bits per heavy atom. The minimum Gasteiger partial charge on any atom is -0.274 e. The standard InChI is InChI=1S/C26H20N4O2/c1-17(19-8-4-2-5-9-19)29-25(31)22-23(20-14-12-18(16-27)13-15-20)28-30(24(22)26(29)32)21-10-6-3-7-11-21/h2-15,17,22,24H,1H3/t17-,22-,24+/m1/s1. The summed E-state index contributed by atoms with van der Waals surface area (Å²) in [5, 5.41) is 15.5. The van der Waals surface area contributed by atoms with E-state index in [0.29, 0.717) is 11.3 Å². The van der Waals surface area contributed by atoms with Crippen LogP contribution in [0.3, 0.4) is 0 Å². The number of nitriles is 1. The van der Waals surface area contributed by atoms with Crippen molar-refractivity contribution < 1.29 is 9.59 Å². The number of carbonyl (C=O) groups is 2. The molecule has 0 aliphatic carbocycles. The highest BCUT2D eigenvalue weighted by Gasteiger charge is 2.58. The number of nitrogens with zero attached hydrogens (tertiary/aromatic N) is 4. The molecule has 0 aromatic heterocycles. The lowest BCUT2D eigenvalue weighted by molar-refractivity contribution is -0.141. The summed E-state index contributed by atoms with van der Waals surface area (Å²) in [5.74, 6) is -1.22. The summed E-state index contributed by atoms with van der Waals surface area (Å²) in [6.07, 6.45) is 0. The van der Waals surface area contributed by atoms with Crippen LogP contribution in [0.4, 0.5) is 5.69 Å². The summed E-state index contributed by atoms with van der Waals surface area (Å²) >= 11 is 0. The molecule has 1 saturated heterocycles. The van der Waals surface area contributed by atoms with Gasteiger partial charge in [0.05, 0.1) is 29.1 Å². The molecule has 5 rings (SSSR count). The second-order valence-corrected chi connectivity index (χ2v) is 7.91. The molecule has 0 saturated carbocycles. The first-order valence-electron chi connectivity index (χ1n) is 10.5. The predicted octanol–water partition coefficient (Wildman–Crippen LogP) is 3.90. The molecule has 6 heteroatoms. The lowest BCUT2D eigenvalue weighted by Gasteiger charge is -2.26. The molecule has 2 heterocycles. The summed E-state index contributed by atoms with van der Waals surface area (Å²) in [4.78, 5) is 28.6. The smallest absolute Gasteiger partial charge is 0.255 e. The molecule has 0 spiro atoms. The van der Waals surface area contributed by atoms with Crippen molar-refractivity contribution >= 4 is 23.2 Å². The number of amides is 2. The zero-order valence-corrected chi connectivity index (χ0v) is 17.4. The van der Waals surface area contributed by atoms with Gasteiger partial charge in [0.15, 0.2) is 0 Å². The van der Waals surface area contributed by atoms with E-state index in [9.17, 15) is 9.59 Å². The Labute approximate surface area is 186 Å². The molecule has 3 atom stereocenters. The molecule has 2 aliphatic rings. The summed E-state index contributed by atoms with van der Waals surface area (Å²) in [6, 6.07) is 26.9. The largest absolute Gasteiger partial charge is 0.274 e. The number of hydrogen-bond acceptors (Lipinski definition) is 5. The highest BCUT2D eigenvalue weighted by molar-refractivity contribution is 6.25. The van der Waals surface area contributed by atoms with Gasteiger partial charge in [0.2, 0.25) is 5.91 Å². The van der Waals surface area contributed by atoms with E-state index in [4.69, 9.17) is 10.4 Å². The number of carbonyl (C=O) groups excluding carboxylic acids is 2. The fourth-order valence-corrected chi connectivity index (χ4v) is 4.45. The molecular formula is C26H20N4O2. The number of fused-ring (bicyclic) bond motifs is 1. The van der Waals surface area contributed by atoms with Crippen molar-refractivity contribution in [3.63, 3.8) is 0 Å². The van der Waals surface area contributed by atoms with Crippen LogP contribution in [-0.4, -0.2) is 28.5 Å². The zero-order chi connectivity index (χ0) is 22.2. The predicted molar refractivity (Wildman–Crippen MR) is 121 cm³/mol. The molecule has 2 amide bonds.